The van der Waals surface area contributed by atoms with Crippen LogP contribution in [0.5, 0.6) is 0 Å². The van der Waals surface area contributed by atoms with Gasteiger partial charge in [0.15, 0.2) is 11.6 Å². The Morgan fingerprint density at radius 3 is 2.35 bits per heavy atom. The van der Waals surface area contributed by atoms with Crippen molar-refractivity contribution in [2.75, 3.05) is 5.32 Å². The lowest BCUT2D eigenvalue weighted by atomic mass is 9.69. The highest BCUT2D eigenvalue weighted by Crippen LogP contribution is 2.39. The first-order valence-electron chi connectivity index (χ1n) is 7.20. The average molecular weight is 285 g/mol. The molecule has 0 saturated heterocycles. The first kappa shape index (κ1) is 15.2. The highest BCUT2D eigenvalue weighted by atomic mass is 19.2. The van der Waals surface area contributed by atoms with Crippen LogP contribution in [-0.2, 0) is 0 Å². The molecule has 0 heterocycles. The predicted molar refractivity (Wildman–Crippen MR) is 75.1 cm³/mol. The summed E-state index contributed by atoms with van der Waals surface area (Å²) in [7, 11) is 0. The molecule has 0 bridgehead atoms. The summed E-state index contributed by atoms with van der Waals surface area (Å²) in [5.74, 6) is -2.53. The number of nitrogens with one attached hydrogen (secondary N) is 1. The summed E-state index contributed by atoms with van der Waals surface area (Å²) in [4.78, 5) is 0. The second-order valence-electron chi connectivity index (χ2n) is 6.76. The van der Waals surface area contributed by atoms with Crippen molar-refractivity contribution < 1.29 is 13.2 Å². The largest absolute Gasteiger partial charge is 0.379 e. The molecule has 0 radical (unpaired) electrons. The first-order valence-corrected chi connectivity index (χ1v) is 7.20. The lowest BCUT2D eigenvalue weighted by Gasteiger charge is -2.41. The van der Waals surface area contributed by atoms with Crippen molar-refractivity contribution in [2.45, 2.75) is 52.5 Å². The molecule has 20 heavy (non-hydrogen) atoms. The Bertz CT molecular complexity index is 479. The van der Waals surface area contributed by atoms with E-state index in [2.05, 4.69) is 26.1 Å². The molecule has 1 aromatic carbocycles. The highest BCUT2D eigenvalue weighted by molar-refractivity contribution is 5.46. The Balaban J connectivity index is 2.23. The minimum Gasteiger partial charge on any atom is -0.379 e. The lowest BCUT2D eigenvalue weighted by molar-refractivity contribution is 0.162. The Labute approximate surface area is 118 Å². The summed E-state index contributed by atoms with van der Waals surface area (Å²) in [6, 6.07) is 1.66. The number of hydrogen-bond acceptors (Lipinski definition) is 1. The molecule has 1 aromatic rings. The third-order valence-corrected chi connectivity index (χ3v) is 4.21. The summed E-state index contributed by atoms with van der Waals surface area (Å²) in [6.45, 7) is 6.46. The molecule has 2 rings (SSSR count). The van der Waals surface area contributed by atoms with Gasteiger partial charge in [0.1, 0.15) is 5.82 Å². The maximum absolute atomic E-state index is 13.8. The summed E-state index contributed by atoms with van der Waals surface area (Å²) < 4.78 is 40.3. The van der Waals surface area contributed by atoms with Crippen molar-refractivity contribution in [1.29, 1.82) is 0 Å². The van der Waals surface area contributed by atoms with Gasteiger partial charge in [0.25, 0.3) is 0 Å². The van der Waals surface area contributed by atoms with E-state index in [-0.39, 0.29) is 17.1 Å². The van der Waals surface area contributed by atoms with Gasteiger partial charge >= 0.3 is 0 Å². The van der Waals surface area contributed by atoms with E-state index in [0.29, 0.717) is 12.0 Å². The van der Waals surface area contributed by atoms with Crippen LogP contribution in [0.2, 0.25) is 0 Å². The third kappa shape index (κ3) is 3.28. The summed E-state index contributed by atoms with van der Waals surface area (Å²) in [5.41, 5.74) is 0.0177. The van der Waals surface area contributed by atoms with Crippen molar-refractivity contribution in [3.8, 4) is 0 Å². The number of hydrogen-bond donors (Lipinski definition) is 1. The minimum atomic E-state index is -1.14. The Morgan fingerprint density at radius 2 is 1.70 bits per heavy atom. The SMILES string of the molecule is CC(C)(C)C1CCCCC1Nc1cc(F)cc(F)c1F. The van der Waals surface area contributed by atoms with E-state index < -0.39 is 17.5 Å². The second kappa shape index (κ2) is 5.66. The normalized spacial score (nSPS) is 23.7. The monoisotopic (exact) mass is 285 g/mol. The molecule has 0 spiro atoms. The van der Waals surface area contributed by atoms with Gasteiger partial charge in [-0.25, -0.2) is 13.2 Å². The summed E-state index contributed by atoms with van der Waals surface area (Å²) >= 11 is 0. The molecule has 4 heteroatoms. The first-order chi connectivity index (χ1) is 9.29. The molecule has 1 fully saturated rings. The Morgan fingerprint density at radius 1 is 1.05 bits per heavy atom. The third-order valence-electron chi connectivity index (χ3n) is 4.21. The van der Waals surface area contributed by atoms with Crippen molar-refractivity contribution in [3.05, 3.63) is 29.6 Å². The molecule has 2 unspecified atom stereocenters. The van der Waals surface area contributed by atoms with E-state index in [1.54, 1.807) is 0 Å². The van der Waals surface area contributed by atoms with Crippen LogP contribution in [-0.4, -0.2) is 6.04 Å². The van der Waals surface area contributed by atoms with Gasteiger partial charge in [-0.15, -0.1) is 0 Å². The van der Waals surface area contributed by atoms with E-state index >= 15 is 0 Å². The molecule has 0 aromatic heterocycles. The van der Waals surface area contributed by atoms with Crippen molar-refractivity contribution in [1.82, 2.24) is 0 Å². The maximum atomic E-state index is 13.8. The molecule has 1 aliphatic rings. The number of anilines is 1. The van der Waals surface area contributed by atoms with Gasteiger partial charge in [0.05, 0.1) is 5.69 Å². The van der Waals surface area contributed by atoms with Crippen LogP contribution in [0.25, 0.3) is 0 Å². The number of halogens is 3. The minimum absolute atomic E-state index is 0.0550. The van der Waals surface area contributed by atoms with Gasteiger partial charge in [-0.1, -0.05) is 33.6 Å². The zero-order valence-electron chi connectivity index (χ0n) is 12.3. The molecular weight excluding hydrogens is 263 g/mol. The van der Waals surface area contributed by atoms with Crippen molar-refractivity contribution >= 4 is 5.69 Å². The van der Waals surface area contributed by atoms with Gasteiger partial charge in [-0.3, -0.25) is 0 Å². The molecule has 112 valence electrons. The molecule has 0 amide bonds. The van der Waals surface area contributed by atoms with E-state index in [1.807, 2.05) is 0 Å². The molecule has 1 aliphatic carbocycles. The lowest BCUT2D eigenvalue weighted by Crippen LogP contribution is -2.40. The van der Waals surface area contributed by atoms with Gasteiger partial charge < -0.3 is 5.32 Å². The predicted octanol–water partition coefficient (Wildman–Crippen LogP) is 5.12. The van der Waals surface area contributed by atoms with Crippen LogP contribution in [0.3, 0.4) is 0 Å². The highest BCUT2D eigenvalue weighted by Gasteiger charge is 2.34. The second-order valence-corrected chi connectivity index (χ2v) is 6.76. The topological polar surface area (TPSA) is 12.0 Å². The molecule has 1 saturated carbocycles. The van der Waals surface area contributed by atoms with Crippen LogP contribution in [0, 0.1) is 28.8 Å². The zero-order chi connectivity index (χ0) is 14.9. The van der Waals surface area contributed by atoms with Crippen molar-refractivity contribution in [3.63, 3.8) is 0 Å². The summed E-state index contributed by atoms with van der Waals surface area (Å²) in [6.07, 6.45) is 4.17. The molecule has 2 atom stereocenters. The quantitative estimate of drug-likeness (QED) is 0.744. The number of rotatable bonds is 2. The Hall–Kier alpha value is -1.19. The summed E-state index contributed by atoms with van der Waals surface area (Å²) in [5, 5.41) is 3.03. The van der Waals surface area contributed by atoms with Gasteiger partial charge in [-0.05, 0) is 24.2 Å². The van der Waals surface area contributed by atoms with Crippen LogP contribution < -0.4 is 5.32 Å². The average Bonchev–Trinajstić information content (AvgIpc) is 2.34. The van der Waals surface area contributed by atoms with Crippen LogP contribution >= 0.6 is 0 Å². The van der Waals surface area contributed by atoms with E-state index in [9.17, 15) is 13.2 Å². The van der Waals surface area contributed by atoms with Gasteiger partial charge in [-0.2, -0.15) is 0 Å². The van der Waals surface area contributed by atoms with E-state index in [0.717, 1.165) is 31.7 Å². The van der Waals surface area contributed by atoms with E-state index in [1.165, 1.54) is 0 Å². The van der Waals surface area contributed by atoms with Gasteiger partial charge in [0.2, 0.25) is 0 Å². The standard InChI is InChI=1S/C16H22F3N/c1-16(2,3)11-6-4-5-7-13(11)20-14-9-10(17)8-12(18)15(14)19/h8-9,11,13,20H,4-7H2,1-3H3. The fraction of sp³-hybridized carbons (Fsp3) is 0.625. The fourth-order valence-electron chi connectivity index (χ4n) is 3.20. The molecular formula is C16H22F3N. The molecule has 0 aliphatic heterocycles. The zero-order valence-corrected chi connectivity index (χ0v) is 12.3. The van der Waals surface area contributed by atoms with E-state index in [4.69, 9.17) is 0 Å². The van der Waals surface area contributed by atoms with Gasteiger partial charge in [0, 0.05) is 18.2 Å². The maximum Gasteiger partial charge on any atom is 0.182 e. The number of benzene rings is 1. The fourth-order valence-corrected chi connectivity index (χ4v) is 3.20. The van der Waals surface area contributed by atoms with Crippen LogP contribution in [0.15, 0.2) is 12.1 Å². The van der Waals surface area contributed by atoms with Crippen LogP contribution in [0.1, 0.15) is 46.5 Å². The smallest absolute Gasteiger partial charge is 0.182 e. The Kier molecular flexibility index (Phi) is 4.31. The van der Waals surface area contributed by atoms with Crippen LogP contribution in [0.4, 0.5) is 18.9 Å². The van der Waals surface area contributed by atoms with Crippen molar-refractivity contribution in [2.24, 2.45) is 11.3 Å². The molecule has 1 nitrogen and oxygen atoms in total. The molecule has 1 N–H and O–H groups in total.